The number of rotatable bonds is 16. The van der Waals surface area contributed by atoms with Crippen molar-refractivity contribution in [3.8, 4) is 16.9 Å². The predicted molar refractivity (Wildman–Crippen MR) is 128 cm³/mol. The van der Waals surface area contributed by atoms with Crippen LogP contribution in [-0.2, 0) is 6.42 Å². The maximum Gasteiger partial charge on any atom is 0.128 e. The Morgan fingerprint density at radius 2 is 1.43 bits per heavy atom. The van der Waals surface area contributed by atoms with E-state index in [2.05, 4.69) is 55.0 Å². The van der Waals surface area contributed by atoms with Crippen LogP contribution in [0.5, 0.6) is 5.75 Å². The van der Waals surface area contributed by atoms with Gasteiger partial charge in [0.15, 0.2) is 0 Å². The Bertz CT molecular complexity index is 666. The van der Waals surface area contributed by atoms with Crippen molar-refractivity contribution in [1.82, 2.24) is 9.97 Å². The maximum atomic E-state index is 5.88. The molecule has 3 heteroatoms. The zero-order valence-electron chi connectivity index (χ0n) is 19.5. The second-order valence-electron chi connectivity index (χ2n) is 8.64. The van der Waals surface area contributed by atoms with Crippen LogP contribution in [0.3, 0.4) is 0 Å². The quantitative estimate of drug-likeness (QED) is 0.263. The van der Waals surface area contributed by atoms with Gasteiger partial charge in [-0.1, -0.05) is 90.7 Å². The van der Waals surface area contributed by atoms with Crippen molar-refractivity contribution in [3.05, 3.63) is 42.5 Å². The Balaban J connectivity index is 1.68. The first-order chi connectivity index (χ1) is 14.7. The first-order valence-electron chi connectivity index (χ1n) is 12.3. The molecule has 30 heavy (non-hydrogen) atoms. The summed E-state index contributed by atoms with van der Waals surface area (Å²) in [5.41, 5.74) is 2.21. The second kappa shape index (κ2) is 15.0. The minimum Gasteiger partial charge on any atom is -0.494 e. The average Bonchev–Trinajstić information content (AvgIpc) is 2.79. The summed E-state index contributed by atoms with van der Waals surface area (Å²) in [6.07, 6.45) is 19.0. The third-order valence-corrected chi connectivity index (χ3v) is 5.95. The molecule has 0 radical (unpaired) electrons. The average molecular weight is 411 g/mol. The molecule has 3 nitrogen and oxygen atoms in total. The molecule has 0 N–H and O–H groups in total. The van der Waals surface area contributed by atoms with E-state index in [4.69, 9.17) is 4.74 Å². The van der Waals surface area contributed by atoms with Gasteiger partial charge >= 0.3 is 0 Å². The molecule has 1 atom stereocenters. The number of unbranched alkanes of at least 4 members (excludes halogenated alkanes) is 7. The van der Waals surface area contributed by atoms with Crippen LogP contribution in [0.15, 0.2) is 36.7 Å². The standard InChI is InChI=1S/C27H42N2O/c1-4-6-7-8-9-13-20-30-26-18-16-24(17-19-26)25-21-28-27(29-22-25)15-12-10-11-14-23(3)5-2/h16-19,21-23H,4-15,20H2,1-3H3/t23-/m0/s1. The van der Waals surface area contributed by atoms with Gasteiger partial charge in [0, 0.05) is 24.4 Å². The van der Waals surface area contributed by atoms with Crippen LogP contribution >= 0.6 is 0 Å². The Kier molecular flexibility index (Phi) is 12.2. The van der Waals surface area contributed by atoms with Crippen LogP contribution in [0, 0.1) is 5.92 Å². The summed E-state index contributed by atoms with van der Waals surface area (Å²) in [7, 11) is 0. The molecule has 0 saturated carbocycles. The highest BCUT2D eigenvalue weighted by atomic mass is 16.5. The summed E-state index contributed by atoms with van der Waals surface area (Å²) in [6, 6.07) is 8.31. The normalized spacial score (nSPS) is 12.1. The SMILES string of the molecule is CCCCCCCCOc1ccc(-c2cnc(CCCCC[C@@H](C)CC)nc2)cc1. The molecule has 0 spiro atoms. The van der Waals surface area contributed by atoms with E-state index in [1.165, 1.54) is 64.2 Å². The molecule has 1 aromatic carbocycles. The lowest BCUT2D eigenvalue weighted by molar-refractivity contribution is 0.304. The summed E-state index contributed by atoms with van der Waals surface area (Å²) in [6.45, 7) is 7.68. The van der Waals surface area contributed by atoms with E-state index in [-0.39, 0.29) is 0 Å². The molecule has 0 bridgehead atoms. The number of ether oxygens (including phenoxy) is 1. The predicted octanol–water partition coefficient (Wildman–Crippen LogP) is 8.03. The van der Waals surface area contributed by atoms with Gasteiger partial charge in [-0.25, -0.2) is 9.97 Å². The number of nitrogens with zero attached hydrogens (tertiary/aromatic N) is 2. The van der Waals surface area contributed by atoms with E-state index < -0.39 is 0 Å². The highest BCUT2D eigenvalue weighted by Gasteiger charge is 2.03. The number of benzene rings is 1. The fourth-order valence-corrected chi connectivity index (χ4v) is 3.61. The number of hydrogen-bond acceptors (Lipinski definition) is 3. The molecule has 2 aromatic rings. The van der Waals surface area contributed by atoms with Gasteiger partial charge in [-0.15, -0.1) is 0 Å². The second-order valence-corrected chi connectivity index (χ2v) is 8.64. The van der Waals surface area contributed by atoms with Crippen LogP contribution in [0.4, 0.5) is 0 Å². The van der Waals surface area contributed by atoms with E-state index in [1.807, 2.05) is 12.4 Å². The van der Waals surface area contributed by atoms with Gasteiger partial charge < -0.3 is 4.74 Å². The monoisotopic (exact) mass is 410 g/mol. The largest absolute Gasteiger partial charge is 0.494 e. The molecule has 1 aromatic heterocycles. The molecule has 0 unspecified atom stereocenters. The van der Waals surface area contributed by atoms with Gasteiger partial charge in [0.25, 0.3) is 0 Å². The third kappa shape index (κ3) is 9.73. The van der Waals surface area contributed by atoms with Crippen molar-refractivity contribution < 1.29 is 4.74 Å². The molecule has 166 valence electrons. The summed E-state index contributed by atoms with van der Waals surface area (Å²) >= 11 is 0. The van der Waals surface area contributed by atoms with Gasteiger partial charge in [-0.05, 0) is 36.5 Å². The fraction of sp³-hybridized carbons (Fsp3) is 0.630. The van der Waals surface area contributed by atoms with Crippen molar-refractivity contribution >= 4 is 0 Å². The molecule has 0 saturated heterocycles. The topological polar surface area (TPSA) is 35.0 Å². The number of aryl methyl sites for hydroxylation is 1. The number of aromatic nitrogens is 2. The minimum atomic E-state index is 0.806. The Morgan fingerprint density at radius 1 is 0.767 bits per heavy atom. The molecule has 0 amide bonds. The van der Waals surface area contributed by atoms with Gasteiger partial charge in [0.1, 0.15) is 11.6 Å². The highest BCUT2D eigenvalue weighted by molar-refractivity contribution is 5.62. The smallest absolute Gasteiger partial charge is 0.128 e. The zero-order chi connectivity index (χ0) is 21.4. The van der Waals surface area contributed by atoms with Crippen molar-refractivity contribution in [2.45, 2.75) is 97.8 Å². The molecular weight excluding hydrogens is 368 g/mol. The molecule has 1 heterocycles. The first-order valence-corrected chi connectivity index (χ1v) is 12.3. The fourth-order valence-electron chi connectivity index (χ4n) is 3.61. The summed E-state index contributed by atoms with van der Waals surface area (Å²) in [4.78, 5) is 9.15. The van der Waals surface area contributed by atoms with E-state index in [0.29, 0.717) is 0 Å². The summed E-state index contributed by atoms with van der Waals surface area (Å²) in [5, 5.41) is 0. The summed E-state index contributed by atoms with van der Waals surface area (Å²) < 4.78 is 5.88. The summed E-state index contributed by atoms with van der Waals surface area (Å²) in [5.74, 6) is 2.76. The lowest BCUT2D eigenvalue weighted by Gasteiger charge is -2.08. The molecule has 0 fully saturated rings. The van der Waals surface area contributed by atoms with Crippen LogP contribution in [0.2, 0.25) is 0 Å². The van der Waals surface area contributed by atoms with Gasteiger partial charge in [-0.3, -0.25) is 0 Å². The zero-order valence-corrected chi connectivity index (χ0v) is 19.5. The van der Waals surface area contributed by atoms with Crippen LogP contribution < -0.4 is 4.74 Å². The number of hydrogen-bond donors (Lipinski definition) is 0. The lowest BCUT2D eigenvalue weighted by Crippen LogP contribution is -1.98. The maximum absolute atomic E-state index is 5.88. The lowest BCUT2D eigenvalue weighted by atomic mass is 10.0. The van der Waals surface area contributed by atoms with E-state index in [0.717, 1.165) is 48.1 Å². The highest BCUT2D eigenvalue weighted by Crippen LogP contribution is 2.22. The Hall–Kier alpha value is -1.90. The van der Waals surface area contributed by atoms with E-state index >= 15 is 0 Å². The van der Waals surface area contributed by atoms with Crippen LogP contribution in [-0.4, -0.2) is 16.6 Å². The van der Waals surface area contributed by atoms with Crippen molar-refractivity contribution in [2.24, 2.45) is 5.92 Å². The van der Waals surface area contributed by atoms with Gasteiger partial charge in [-0.2, -0.15) is 0 Å². The van der Waals surface area contributed by atoms with E-state index in [9.17, 15) is 0 Å². The molecule has 0 aliphatic rings. The van der Waals surface area contributed by atoms with Gasteiger partial charge in [0.2, 0.25) is 0 Å². The first kappa shape index (κ1) is 24.4. The van der Waals surface area contributed by atoms with E-state index in [1.54, 1.807) is 0 Å². The molecule has 0 aliphatic heterocycles. The molecular formula is C27H42N2O. The minimum absolute atomic E-state index is 0.806. The Labute approximate surface area is 184 Å². The molecule has 0 aliphatic carbocycles. The van der Waals surface area contributed by atoms with Crippen LogP contribution in [0.1, 0.15) is 97.2 Å². The van der Waals surface area contributed by atoms with Crippen molar-refractivity contribution in [2.75, 3.05) is 6.61 Å². The Morgan fingerprint density at radius 3 is 2.13 bits per heavy atom. The van der Waals surface area contributed by atoms with Gasteiger partial charge in [0.05, 0.1) is 6.61 Å². The van der Waals surface area contributed by atoms with Crippen molar-refractivity contribution in [3.63, 3.8) is 0 Å². The van der Waals surface area contributed by atoms with Crippen LogP contribution in [0.25, 0.3) is 11.1 Å². The van der Waals surface area contributed by atoms with Crippen molar-refractivity contribution in [1.29, 1.82) is 0 Å². The molecule has 2 rings (SSSR count). The third-order valence-electron chi connectivity index (χ3n) is 5.95.